The SMILES string of the molecule is CC1(C)C(C(N)=O)c2ccc(cc2)[C@@]1(C(=O)NC(=O)O)N1CCCC1[C@@H]1CC[C@@H](C2CCCN2[C@]2(C(=O)NC(=O)O)c3ccc(cc3)C(C(N)=O)C2(C)C)N1c1ccc(C(F)(F)F)cc1. The van der Waals surface area contributed by atoms with Crippen LogP contribution in [0.4, 0.5) is 28.4 Å². The summed E-state index contributed by atoms with van der Waals surface area (Å²) in [5, 5.41) is 24.4. The van der Waals surface area contributed by atoms with E-state index in [0.717, 1.165) is 12.1 Å². The number of carbonyl (C=O) groups is 6. The Bertz CT molecular complexity index is 2290. The summed E-state index contributed by atoms with van der Waals surface area (Å²) in [7, 11) is 0. The molecule has 0 spiro atoms. The lowest BCUT2D eigenvalue weighted by Crippen LogP contribution is -2.70. The molecule has 0 radical (unpaired) electrons. The zero-order valence-electron chi connectivity index (χ0n) is 36.5. The molecule has 4 bridgehead atoms. The number of hydrogen-bond acceptors (Lipinski definition) is 9. The molecule has 3 aromatic rings. The molecule has 3 aromatic carbocycles. The molecule has 18 heteroatoms. The molecule has 0 aromatic heterocycles. The van der Waals surface area contributed by atoms with Crippen molar-refractivity contribution in [1.29, 1.82) is 0 Å². The maximum atomic E-state index is 14.9. The van der Waals surface area contributed by atoms with Gasteiger partial charge in [-0.15, -0.1) is 0 Å². The lowest BCUT2D eigenvalue weighted by Gasteiger charge is -2.56. The molecular formula is C47H54F3N7O8. The summed E-state index contributed by atoms with van der Waals surface area (Å²) in [5.41, 5.74) is 7.45. The number of likely N-dealkylation sites (tertiary alicyclic amines) is 2. The predicted molar refractivity (Wildman–Crippen MR) is 230 cm³/mol. The second kappa shape index (κ2) is 15.9. The third kappa shape index (κ3) is 6.68. The van der Waals surface area contributed by atoms with E-state index in [1.807, 2.05) is 9.80 Å². The van der Waals surface area contributed by atoms with Crippen molar-refractivity contribution in [2.45, 2.75) is 119 Å². The third-order valence-electron chi connectivity index (χ3n) is 15.6. The van der Waals surface area contributed by atoms with Crippen molar-refractivity contribution in [3.05, 3.63) is 101 Å². The first-order valence-electron chi connectivity index (χ1n) is 21.9. The molecule has 3 heterocycles. The molecule has 7 aliphatic rings. The fourth-order valence-corrected chi connectivity index (χ4v) is 13.5. The topological polar surface area (TPSA) is 229 Å². The summed E-state index contributed by atoms with van der Waals surface area (Å²) < 4.78 is 42.4. The van der Waals surface area contributed by atoms with E-state index in [1.54, 1.807) is 76.2 Å². The maximum absolute atomic E-state index is 14.9. The Morgan fingerprint density at radius 1 is 0.585 bits per heavy atom. The average Bonchev–Trinajstić information content (AvgIpc) is 3.94. The Hall–Kier alpha value is -6.01. The number of imide groups is 2. The van der Waals surface area contributed by atoms with Gasteiger partial charge < -0.3 is 26.6 Å². The second-order valence-corrected chi connectivity index (χ2v) is 19.3. The highest BCUT2D eigenvalue weighted by Crippen LogP contribution is 2.60. The molecule has 4 aliphatic carbocycles. The number of primary amides is 2. The molecule has 0 saturated carbocycles. The highest BCUT2D eigenvalue weighted by molar-refractivity contribution is 6.01. The number of fused-ring (bicyclic) bond motifs is 8. The van der Waals surface area contributed by atoms with Gasteiger partial charge in [-0.2, -0.15) is 13.2 Å². The number of amides is 6. The van der Waals surface area contributed by atoms with E-state index in [1.165, 1.54) is 12.1 Å². The Morgan fingerprint density at radius 2 is 0.954 bits per heavy atom. The van der Waals surface area contributed by atoms with Gasteiger partial charge in [-0.05, 0) is 98.1 Å². The van der Waals surface area contributed by atoms with Crippen LogP contribution in [0.1, 0.15) is 106 Å². The van der Waals surface area contributed by atoms with Crippen LogP contribution in [-0.2, 0) is 36.4 Å². The number of nitrogens with two attached hydrogens (primary N) is 2. The number of halogens is 3. The van der Waals surface area contributed by atoms with E-state index >= 15 is 0 Å². The summed E-state index contributed by atoms with van der Waals surface area (Å²) in [4.78, 5) is 87.5. The van der Waals surface area contributed by atoms with Gasteiger partial charge in [0, 0.05) is 40.7 Å². The monoisotopic (exact) mass is 901 g/mol. The van der Waals surface area contributed by atoms with E-state index in [-0.39, 0.29) is 13.1 Å². The molecule has 346 valence electrons. The molecule has 10 rings (SSSR count). The third-order valence-corrected chi connectivity index (χ3v) is 15.6. The van der Waals surface area contributed by atoms with Gasteiger partial charge in [0.25, 0.3) is 11.8 Å². The maximum Gasteiger partial charge on any atom is 0.416 e. The number of alkyl halides is 3. The molecule has 65 heavy (non-hydrogen) atoms. The summed E-state index contributed by atoms with van der Waals surface area (Å²) in [6, 6.07) is 16.3. The predicted octanol–water partition coefficient (Wildman–Crippen LogP) is 5.57. The molecule has 15 nitrogen and oxygen atoms in total. The number of carbonyl (C=O) groups excluding carboxylic acids is 4. The Morgan fingerprint density at radius 3 is 1.28 bits per heavy atom. The quantitative estimate of drug-likeness (QED) is 0.156. The average molecular weight is 902 g/mol. The number of nitrogens with one attached hydrogen (secondary N) is 2. The van der Waals surface area contributed by atoms with Crippen molar-refractivity contribution < 1.29 is 52.2 Å². The van der Waals surface area contributed by atoms with Crippen LogP contribution in [0.2, 0.25) is 0 Å². The fourth-order valence-electron chi connectivity index (χ4n) is 13.5. The fraction of sp³-hybridized carbons (Fsp3) is 0.489. The van der Waals surface area contributed by atoms with Gasteiger partial charge in [0.05, 0.1) is 17.4 Å². The highest BCUT2D eigenvalue weighted by atomic mass is 19.4. The number of hydrogen-bond donors (Lipinski definition) is 6. The van der Waals surface area contributed by atoms with Gasteiger partial charge in [-0.25, -0.2) is 9.59 Å². The van der Waals surface area contributed by atoms with Gasteiger partial charge in [-0.1, -0.05) is 76.2 Å². The summed E-state index contributed by atoms with van der Waals surface area (Å²) in [5.74, 6) is -5.27. The number of carboxylic acid groups (broad SMARTS) is 2. The largest absolute Gasteiger partial charge is 0.465 e. The van der Waals surface area contributed by atoms with Crippen LogP contribution in [0.3, 0.4) is 0 Å². The first kappa shape index (κ1) is 45.6. The van der Waals surface area contributed by atoms with Crippen LogP contribution in [0, 0.1) is 10.8 Å². The lowest BCUT2D eigenvalue weighted by molar-refractivity contribution is -0.150. The molecule has 3 aliphatic heterocycles. The van der Waals surface area contributed by atoms with Crippen molar-refractivity contribution in [1.82, 2.24) is 20.4 Å². The minimum atomic E-state index is -4.64. The number of benzene rings is 3. The summed E-state index contributed by atoms with van der Waals surface area (Å²) in [6.45, 7) is 7.46. The van der Waals surface area contributed by atoms with Gasteiger partial charge in [0.15, 0.2) is 0 Å². The molecule has 6 amide bonds. The first-order valence-corrected chi connectivity index (χ1v) is 21.9. The zero-order valence-corrected chi connectivity index (χ0v) is 36.5. The summed E-state index contributed by atoms with van der Waals surface area (Å²) >= 11 is 0. The van der Waals surface area contributed by atoms with E-state index in [4.69, 9.17) is 11.5 Å². The highest BCUT2D eigenvalue weighted by Gasteiger charge is 2.67. The molecule has 4 unspecified atom stereocenters. The number of rotatable bonds is 9. The number of anilines is 1. The molecule has 8 atom stereocenters. The van der Waals surface area contributed by atoms with Gasteiger partial charge >= 0.3 is 18.4 Å². The van der Waals surface area contributed by atoms with Gasteiger partial charge in [0.1, 0.15) is 11.1 Å². The Labute approximate surface area is 373 Å². The zero-order chi connectivity index (χ0) is 47.2. The van der Waals surface area contributed by atoms with Crippen molar-refractivity contribution >= 4 is 41.5 Å². The van der Waals surface area contributed by atoms with Crippen LogP contribution in [-0.4, -0.2) is 93.1 Å². The van der Waals surface area contributed by atoms with Crippen LogP contribution < -0.4 is 27.0 Å². The van der Waals surface area contributed by atoms with Gasteiger partial charge in [-0.3, -0.25) is 39.6 Å². The molecule has 8 N–H and O–H groups in total. The minimum Gasteiger partial charge on any atom is -0.465 e. The van der Waals surface area contributed by atoms with Crippen LogP contribution in [0.25, 0.3) is 0 Å². The second-order valence-electron chi connectivity index (χ2n) is 19.3. The Balaban J connectivity index is 1.30. The van der Waals surface area contributed by atoms with E-state index < -0.39 is 105 Å². The van der Waals surface area contributed by atoms with E-state index in [9.17, 15) is 52.2 Å². The lowest BCUT2D eigenvalue weighted by atomic mass is 9.60. The van der Waals surface area contributed by atoms with Crippen LogP contribution >= 0.6 is 0 Å². The molecular weight excluding hydrogens is 848 g/mol. The van der Waals surface area contributed by atoms with Crippen molar-refractivity contribution in [2.75, 3.05) is 18.0 Å². The van der Waals surface area contributed by atoms with E-state index in [0.29, 0.717) is 66.5 Å². The van der Waals surface area contributed by atoms with Crippen molar-refractivity contribution in [2.24, 2.45) is 22.3 Å². The summed E-state index contributed by atoms with van der Waals surface area (Å²) in [6.07, 6.45) is -4.94. The van der Waals surface area contributed by atoms with Crippen molar-refractivity contribution in [3.8, 4) is 0 Å². The van der Waals surface area contributed by atoms with Crippen LogP contribution in [0.5, 0.6) is 0 Å². The Kier molecular flexibility index (Phi) is 11.1. The van der Waals surface area contributed by atoms with Crippen molar-refractivity contribution in [3.63, 3.8) is 0 Å². The first-order chi connectivity index (χ1) is 30.5. The normalized spacial score (nSPS) is 30.4. The van der Waals surface area contributed by atoms with Crippen LogP contribution in [0.15, 0.2) is 72.8 Å². The smallest absolute Gasteiger partial charge is 0.416 e. The molecule has 3 fully saturated rings. The minimum absolute atomic E-state index is 0.279. The number of nitrogens with zero attached hydrogens (tertiary/aromatic N) is 3. The van der Waals surface area contributed by atoms with Gasteiger partial charge in [0.2, 0.25) is 11.8 Å². The van der Waals surface area contributed by atoms with E-state index in [2.05, 4.69) is 15.5 Å². The molecule has 3 saturated heterocycles. The standard InChI is InChI=1S/C47H54F3N7O8/c1-43(2)35(37(51)58)25-9-13-27(14-10-25)45(43,39(60)53-41(62)63)55-23-5-7-31(55)33-21-22-34(57(33)30-19-17-29(18-20-30)47(48,49)50)32-8-6-24-56(32)46(40(61)54-42(64)65)28-15-11-26(12-16-28)36(38(52)59)44(46,3)4/h9-20,31-36H,5-8,21-24H2,1-4H3,(H2,51,58)(H2,52,59)(H,53,60)(H,54,61)(H,62,63)(H,64,65)/t31?,32?,33-,34-,35?,36?,45-,46-/m0/s1.